The van der Waals surface area contributed by atoms with Crippen molar-refractivity contribution < 1.29 is 9.59 Å². The number of para-hydroxylation sites is 1. The number of hydrogen-bond donors (Lipinski definition) is 2. The van der Waals surface area contributed by atoms with Gasteiger partial charge in [0.1, 0.15) is 0 Å². The molecule has 0 unspecified atom stereocenters. The van der Waals surface area contributed by atoms with Crippen molar-refractivity contribution in [3.63, 3.8) is 0 Å². The summed E-state index contributed by atoms with van der Waals surface area (Å²) in [6, 6.07) is 13.1. The predicted molar refractivity (Wildman–Crippen MR) is 90.1 cm³/mol. The van der Waals surface area contributed by atoms with E-state index in [-0.39, 0.29) is 5.92 Å². The first-order valence-electron chi connectivity index (χ1n) is 7.66. The summed E-state index contributed by atoms with van der Waals surface area (Å²) in [5.74, 6) is -1.03. The van der Waals surface area contributed by atoms with Crippen LogP contribution in [0, 0.1) is 0 Å². The number of aromatic nitrogens is 1. The number of carbonyl (C=O) groups is 2. The Morgan fingerprint density at radius 2 is 1.78 bits per heavy atom. The van der Waals surface area contributed by atoms with Crippen LogP contribution in [0.3, 0.4) is 0 Å². The minimum atomic E-state index is -0.654. The van der Waals surface area contributed by atoms with E-state index in [4.69, 9.17) is 0 Å². The van der Waals surface area contributed by atoms with E-state index in [2.05, 4.69) is 15.6 Å². The van der Waals surface area contributed by atoms with Gasteiger partial charge in [0.2, 0.25) is 0 Å². The van der Waals surface area contributed by atoms with Crippen molar-refractivity contribution in [2.75, 3.05) is 11.9 Å². The molecule has 0 saturated carbocycles. The van der Waals surface area contributed by atoms with Crippen molar-refractivity contribution >= 4 is 17.5 Å². The fourth-order valence-electron chi connectivity index (χ4n) is 2.22. The topological polar surface area (TPSA) is 71.1 Å². The summed E-state index contributed by atoms with van der Waals surface area (Å²) in [6.45, 7) is 4.45. The average molecular weight is 311 g/mol. The molecule has 0 fully saturated rings. The maximum atomic E-state index is 12.0. The Morgan fingerprint density at radius 3 is 2.48 bits per heavy atom. The molecule has 120 valence electrons. The van der Waals surface area contributed by atoms with Gasteiger partial charge in [0.15, 0.2) is 0 Å². The molecule has 0 bridgehead atoms. The molecule has 0 atom stereocenters. The van der Waals surface area contributed by atoms with Gasteiger partial charge in [-0.2, -0.15) is 0 Å². The van der Waals surface area contributed by atoms with Crippen LogP contribution in [0.5, 0.6) is 0 Å². The molecule has 1 aromatic carbocycles. The van der Waals surface area contributed by atoms with Gasteiger partial charge in [0.25, 0.3) is 0 Å². The van der Waals surface area contributed by atoms with E-state index < -0.39 is 11.8 Å². The number of anilines is 1. The zero-order valence-electron chi connectivity index (χ0n) is 13.4. The minimum Gasteiger partial charge on any atom is -0.347 e. The molecule has 5 nitrogen and oxygen atoms in total. The average Bonchev–Trinajstić information content (AvgIpc) is 2.56. The van der Waals surface area contributed by atoms with Gasteiger partial charge in [-0.3, -0.25) is 14.6 Å². The highest BCUT2D eigenvalue weighted by atomic mass is 16.2. The Kier molecular flexibility index (Phi) is 5.86. The Balaban J connectivity index is 1.87. The van der Waals surface area contributed by atoms with Gasteiger partial charge in [0, 0.05) is 30.5 Å². The van der Waals surface area contributed by atoms with Gasteiger partial charge in [-0.1, -0.05) is 38.1 Å². The molecule has 1 heterocycles. The van der Waals surface area contributed by atoms with Gasteiger partial charge >= 0.3 is 11.8 Å². The van der Waals surface area contributed by atoms with Crippen LogP contribution in [0.25, 0.3) is 0 Å². The lowest BCUT2D eigenvalue weighted by molar-refractivity contribution is -0.136. The predicted octanol–water partition coefficient (Wildman–Crippen LogP) is 2.50. The molecule has 0 spiro atoms. The molecular formula is C18H21N3O2. The quantitative estimate of drug-likeness (QED) is 0.833. The summed E-state index contributed by atoms with van der Waals surface area (Å²) in [6.07, 6.45) is 2.29. The molecule has 2 amide bonds. The van der Waals surface area contributed by atoms with Crippen LogP contribution in [0.4, 0.5) is 5.69 Å². The molecule has 1 aromatic heterocycles. The molecule has 2 aromatic rings. The van der Waals surface area contributed by atoms with Gasteiger partial charge in [0.05, 0.1) is 0 Å². The summed E-state index contributed by atoms with van der Waals surface area (Å²) < 4.78 is 0. The number of nitrogens with one attached hydrogen (secondary N) is 2. The van der Waals surface area contributed by atoms with Crippen LogP contribution in [0.1, 0.15) is 31.0 Å². The monoisotopic (exact) mass is 311 g/mol. The lowest BCUT2D eigenvalue weighted by atomic mass is 10.0. The van der Waals surface area contributed by atoms with Crippen LogP contribution in [-0.2, 0) is 16.0 Å². The van der Waals surface area contributed by atoms with Crippen molar-refractivity contribution in [3.05, 3.63) is 59.9 Å². The van der Waals surface area contributed by atoms with Gasteiger partial charge in [-0.15, -0.1) is 0 Å². The Bertz CT molecular complexity index is 669. The molecule has 2 N–H and O–H groups in total. The van der Waals surface area contributed by atoms with Gasteiger partial charge < -0.3 is 10.6 Å². The van der Waals surface area contributed by atoms with Crippen molar-refractivity contribution in [3.8, 4) is 0 Å². The number of nitrogens with zero attached hydrogens (tertiary/aromatic N) is 1. The number of hydrogen-bond acceptors (Lipinski definition) is 3. The van der Waals surface area contributed by atoms with Crippen LogP contribution in [0.15, 0.2) is 48.7 Å². The molecule has 0 saturated heterocycles. The Labute approximate surface area is 136 Å². The zero-order chi connectivity index (χ0) is 16.7. The van der Waals surface area contributed by atoms with E-state index in [0.29, 0.717) is 18.7 Å². The summed E-state index contributed by atoms with van der Waals surface area (Å²) in [7, 11) is 0. The second-order valence-corrected chi connectivity index (χ2v) is 5.52. The third-order valence-corrected chi connectivity index (χ3v) is 3.43. The summed E-state index contributed by atoms with van der Waals surface area (Å²) in [5, 5.41) is 5.28. The van der Waals surface area contributed by atoms with Crippen molar-refractivity contribution in [1.29, 1.82) is 0 Å². The van der Waals surface area contributed by atoms with Crippen molar-refractivity contribution in [1.82, 2.24) is 10.3 Å². The number of rotatable bonds is 5. The maximum Gasteiger partial charge on any atom is 0.313 e. The number of benzene rings is 1. The van der Waals surface area contributed by atoms with E-state index >= 15 is 0 Å². The van der Waals surface area contributed by atoms with E-state index in [1.807, 2.05) is 50.2 Å². The SMILES string of the molecule is CC(C)c1ccccc1NC(=O)C(=O)NCCc1ccccn1. The van der Waals surface area contributed by atoms with Crippen LogP contribution >= 0.6 is 0 Å². The Hall–Kier alpha value is -2.69. The van der Waals surface area contributed by atoms with Gasteiger partial charge in [-0.25, -0.2) is 0 Å². The highest BCUT2D eigenvalue weighted by molar-refractivity contribution is 6.39. The van der Waals surface area contributed by atoms with Crippen LogP contribution in [-0.4, -0.2) is 23.3 Å². The highest BCUT2D eigenvalue weighted by Crippen LogP contribution is 2.23. The highest BCUT2D eigenvalue weighted by Gasteiger charge is 2.15. The van der Waals surface area contributed by atoms with E-state index in [1.54, 1.807) is 12.3 Å². The third kappa shape index (κ3) is 4.92. The molecule has 0 aliphatic rings. The number of pyridine rings is 1. The van der Waals surface area contributed by atoms with Crippen LogP contribution < -0.4 is 10.6 Å². The first kappa shape index (κ1) is 16.7. The lowest BCUT2D eigenvalue weighted by Gasteiger charge is -2.13. The van der Waals surface area contributed by atoms with E-state index in [9.17, 15) is 9.59 Å². The smallest absolute Gasteiger partial charge is 0.313 e. The maximum absolute atomic E-state index is 12.0. The number of amides is 2. The summed E-state index contributed by atoms with van der Waals surface area (Å²) in [4.78, 5) is 28.0. The lowest BCUT2D eigenvalue weighted by Crippen LogP contribution is -2.36. The third-order valence-electron chi connectivity index (χ3n) is 3.43. The molecule has 5 heteroatoms. The fraction of sp³-hybridized carbons (Fsp3) is 0.278. The first-order valence-corrected chi connectivity index (χ1v) is 7.66. The largest absolute Gasteiger partial charge is 0.347 e. The molecular weight excluding hydrogens is 290 g/mol. The molecule has 0 aliphatic carbocycles. The summed E-state index contributed by atoms with van der Waals surface area (Å²) in [5.41, 5.74) is 2.55. The van der Waals surface area contributed by atoms with Crippen molar-refractivity contribution in [2.24, 2.45) is 0 Å². The molecule has 23 heavy (non-hydrogen) atoms. The summed E-state index contributed by atoms with van der Waals surface area (Å²) >= 11 is 0. The minimum absolute atomic E-state index is 0.263. The van der Waals surface area contributed by atoms with Gasteiger partial charge in [-0.05, 0) is 29.7 Å². The van der Waals surface area contributed by atoms with E-state index in [1.165, 1.54) is 0 Å². The standard InChI is InChI=1S/C18H21N3O2/c1-13(2)15-8-3-4-9-16(15)21-18(23)17(22)20-12-10-14-7-5-6-11-19-14/h3-9,11,13H,10,12H2,1-2H3,(H,20,22)(H,21,23). The normalized spacial score (nSPS) is 10.4. The fourth-order valence-corrected chi connectivity index (χ4v) is 2.22. The molecule has 2 rings (SSSR count). The zero-order valence-corrected chi connectivity index (χ0v) is 13.4. The second-order valence-electron chi connectivity index (χ2n) is 5.52. The molecule has 0 radical (unpaired) electrons. The first-order chi connectivity index (χ1) is 11.1. The van der Waals surface area contributed by atoms with E-state index in [0.717, 1.165) is 11.3 Å². The van der Waals surface area contributed by atoms with Crippen LogP contribution in [0.2, 0.25) is 0 Å². The second kappa shape index (κ2) is 8.08. The molecule has 0 aliphatic heterocycles. The Morgan fingerprint density at radius 1 is 1.04 bits per heavy atom. The van der Waals surface area contributed by atoms with Crippen molar-refractivity contribution in [2.45, 2.75) is 26.2 Å². The number of carbonyl (C=O) groups excluding carboxylic acids is 2.